The molecule has 1 N–H and O–H groups in total. The van der Waals surface area contributed by atoms with Gasteiger partial charge in [-0.15, -0.1) is 0 Å². The van der Waals surface area contributed by atoms with Crippen LogP contribution in [-0.4, -0.2) is 13.1 Å². The van der Waals surface area contributed by atoms with E-state index in [9.17, 15) is 0 Å². The number of aryl methyl sites for hydroxylation is 1. The summed E-state index contributed by atoms with van der Waals surface area (Å²) in [6.07, 6.45) is 6.84. The monoisotopic (exact) mass is 231 g/mol. The van der Waals surface area contributed by atoms with Gasteiger partial charge in [0.2, 0.25) is 0 Å². The van der Waals surface area contributed by atoms with Gasteiger partial charge in [-0.2, -0.15) is 0 Å². The minimum absolute atomic E-state index is 0.444. The fraction of sp³-hybridized carbons (Fsp3) is 0.625. The molecule has 1 aliphatic heterocycles. The van der Waals surface area contributed by atoms with Crippen molar-refractivity contribution in [3.8, 4) is 0 Å². The number of hydrogen-bond acceptors (Lipinski definition) is 1. The van der Waals surface area contributed by atoms with E-state index < -0.39 is 0 Å². The van der Waals surface area contributed by atoms with Crippen LogP contribution in [0, 0.1) is 6.92 Å². The summed E-state index contributed by atoms with van der Waals surface area (Å²) in [5.74, 6) is 0. The smallest absolute Gasteiger partial charge is 0.0205 e. The molecule has 1 fully saturated rings. The largest absolute Gasteiger partial charge is 0.315 e. The lowest BCUT2D eigenvalue weighted by Crippen LogP contribution is -2.57. The van der Waals surface area contributed by atoms with Gasteiger partial charge in [0, 0.05) is 18.5 Å². The molecule has 0 aromatic heterocycles. The third-order valence-corrected chi connectivity index (χ3v) is 4.15. The Hall–Kier alpha value is -0.820. The summed E-state index contributed by atoms with van der Waals surface area (Å²) in [6, 6.07) is 8.92. The van der Waals surface area contributed by atoms with Crippen molar-refractivity contribution in [3.63, 3.8) is 0 Å². The van der Waals surface area contributed by atoms with Gasteiger partial charge in [0.05, 0.1) is 0 Å². The van der Waals surface area contributed by atoms with E-state index in [1.165, 1.54) is 50.8 Å². The topological polar surface area (TPSA) is 12.0 Å². The van der Waals surface area contributed by atoms with E-state index in [0.717, 1.165) is 0 Å². The van der Waals surface area contributed by atoms with Crippen molar-refractivity contribution in [2.24, 2.45) is 0 Å². The third-order valence-electron chi connectivity index (χ3n) is 4.15. The van der Waals surface area contributed by atoms with Gasteiger partial charge in [-0.05, 0) is 24.5 Å². The summed E-state index contributed by atoms with van der Waals surface area (Å²) in [7, 11) is 0. The van der Waals surface area contributed by atoms with E-state index in [-0.39, 0.29) is 0 Å². The molecule has 1 nitrogen and oxygen atoms in total. The number of unbranched alkanes of at least 4 members (excludes halogenated alkanes) is 3. The highest BCUT2D eigenvalue weighted by molar-refractivity contribution is 5.36. The molecule has 0 saturated carbocycles. The minimum atomic E-state index is 0.444. The van der Waals surface area contributed by atoms with Crippen LogP contribution in [0.1, 0.15) is 50.2 Å². The van der Waals surface area contributed by atoms with Crippen molar-refractivity contribution in [2.75, 3.05) is 13.1 Å². The molecule has 0 radical (unpaired) electrons. The Morgan fingerprint density at radius 2 is 1.88 bits per heavy atom. The number of nitrogens with one attached hydrogen (secondary N) is 1. The van der Waals surface area contributed by atoms with Crippen LogP contribution < -0.4 is 5.32 Å². The Labute approximate surface area is 106 Å². The van der Waals surface area contributed by atoms with Crippen molar-refractivity contribution in [3.05, 3.63) is 35.4 Å². The molecular formula is C16H25N. The Kier molecular flexibility index (Phi) is 4.22. The number of rotatable bonds is 6. The van der Waals surface area contributed by atoms with E-state index in [0.29, 0.717) is 5.41 Å². The van der Waals surface area contributed by atoms with Crippen LogP contribution in [0.15, 0.2) is 24.3 Å². The Bertz CT molecular complexity index is 352. The molecule has 94 valence electrons. The lowest BCUT2D eigenvalue weighted by molar-refractivity contribution is 0.248. The SMILES string of the molecule is CCCCCCC1(c2ccccc2C)CNC1. The van der Waals surface area contributed by atoms with Crippen molar-refractivity contribution in [1.82, 2.24) is 5.32 Å². The van der Waals surface area contributed by atoms with Gasteiger partial charge in [-0.25, -0.2) is 0 Å². The molecule has 0 unspecified atom stereocenters. The maximum atomic E-state index is 3.47. The number of hydrogen-bond donors (Lipinski definition) is 1. The molecule has 1 aromatic carbocycles. The average Bonchev–Trinajstić information content (AvgIpc) is 2.29. The highest BCUT2D eigenvalue weighted by Crippen LogP contribution is 2.35. The first-order valence-corrected chi connectivity index (χ1v) is 7.05. The van der Waals surface area contributed by atoms with Crippen LogP contribution in [0.3, 0.4) is 0 Å². The van der Waals surface area contributed by atoms with Gasteiger partial charge in [0.1, 0.15) is 0 Å². The number of benzene rings is 1. The van der Waals surface area contributed by atoms with E-state index in [4.69, 9.17) is 0 Å². The molecule has 0 amide bonds. The molecule has 0 bridgehead atoms. The molecule has 1 heteroatoms. The Morgan fingerprint density at radius 3 is 2.47 bits per heavy atom. The quantitative estimate of drug-likeness (QED) is 0.734. The standard InChI is InChI=1S/C16H25N/c1-3-4-5-8-11-16(12-17-13-16)15-10-7-6-9-14(15)2/h6-7,9-10,17H,3-5,8,11-13H2,1-2H3. The zero-order valence-corrected chi connectivity index (χ0v) is 11.3. The van der Waals surface area contributed by atoms with Crippen molar-refractivity contribution < 1.29 is 0 Å². The Morgan fingerprint density at radius 1 is 1.12 bits per heavy atom. The van der Waals surface area contributed by atoms with Crippen LogP contribution in [0.4, 0.5) is 0 Å². The van der Waals surface area contributed by atoms with Crippen LogP contribution in [0.2, 0.25) is 0 Å². The zero-order chi connectivity index (χ0) is 12.1. The fourth-order valence-electron chi connectivity index (χ4n) is 2.99. The average molecular weight is 231 g/mol. The molecule has 17 heavy (non-hydrogen) atoms. The molecule has 1 saturated heterocycles. The van der Waals surface area contributed by atoms with Gasteiger partial charge in [-0.3, -0.25) is 0 Å². The molecular weight excluding hydrogens is 206 g/mol. The van der Waals surface area contributed by atoms with Crippen LogP contribution in [0.25, 0.3) is 0 Å². The lowest BCUT2D eigenvalue weighted by Gasteiger charge is -2.44. The Balaban J connectivity index is 2.02. The molecule has 0 spiro atoms. The molecule has 1 aromatic rings. The van der Waals surface area contributed by atoms with Crippen molar-refractivity contribution in [2.45, 2.75) is 51.4 Å². The lowest BCUT2D eigenvalue weighted by atomic mass is 9.70. The second-order valence-corrected chi connectivity index (χ2v) is 5.51. The molecule has 2 rings (SSSR count). The summed E-state index contributed by atoms with van der Waals surface area (Å²) in [6.45, 7) is 6.87. The van der Waals surface area contributed by atoms with E-state index in [1.54, 1.807) is 5.56 Å². The first-order valence-electron chi connectivity index (χ1n) is 7.05. The van der Waals surface area contributed by atoms with Crippen LogP contribution >= 0.6 is 0 Å². The van der Waals surface area contributed by atoms with Crippen LogP contribution in [0.5, 0.6) is 0 Å². The fourth-order valence-corrected chi connectivity index (χ4v) is 2.99. The van der Waals surface area contributed by atoms with E-state index in [2.05, 4.69) is 43.4 Å². The van der Waals surface area contributed by atoms with Gasteiger partial charge in [0.25, 0.3) is 0 Å². The summed E-state index contributed by atoms with van der Waals surface area (Å²) in [5, 5.41) is 3.47. The minimum Gasteiger partial charge on any atom is -0.315 e. The highest BCUT2D eigenvalue weighted by Gasteiger charge is 2.38. The van der Waals surface area contributed by atoms with Gasteiger partial charge in [0.15, 0.2) is 0 Å². The first kappa shape index (κ1) is 12.6. The van der Waals surface area contributed by atoms with Gasteiger partial charge in [-0.1, -0.05) is 56.9 Å². The molecule has 0 aliphatic carbocycles. The van der Waals surface area contributed by atoms with Crippen LogP contribution in [-0.2, 0) is 5.41 Å². The second kappa shape index (κ2) is 5.68. The maximum Gasteiger partial charge on any atom is 0.0205 e. The maximum absolute atomic E-state index is 3.47. The second-order valence-electron chi connectivity index (χ2n) is 5.51. The van der Waals surface area contributed by atoms with Crippen molar-refractivity contribution in [1.29, 1.82) is 0 Å². The summed E-state index contributed by atoms with van der Waals surface area (Å²) in [5.41, 5.74) is 3.48. The van der Waals surface area contributed by atoms with Gasteiger partial charge < -0.3 is 5.32 Å². The highest BCUT2D eigenvalue weighted by atomic mass is 15.0. The summed E-state index contributed by atoms with van der Waals surface area (Å²) >= 11 is 0. The summed E-state index contributed by atoms with van der Waals surface area (Å²) < 4.78 is 0. The predicted octanol–water partition coefficient (Wildman–Crippen LogP) is 3.81. The zero-order valence-electron chi connectivity index (χ0n) is 11.3. The first-order chi connectivity index (χ1) is 8.28. The normalized spacial score (nSPS) is 17.8. The third kappa shape index (κ3) is 2.71. The van der Waals surface area contributed by atoms with E-state index in [1.807, 2.05) is 0 Å². The summed E-state index contributed by atoms with van der Waals surface area (Å²) in [4.78, 5) is 0. The van der Waals surface area contributed by atoms with E-state index >= 15 is 0 Å². The molecule has 1 heterocycles. The van der Waals surface area contributed by atoms with Gasteiger partial charge >= 0.3 is 0 Å². The van der Waals surface area contributed by atoms with Crippen molar-refractivity contribution >= 4 is 0 Å². The predicted molar refractivity (Wildman–Crippen MR) is 74.5 cm³/mol. The molecule has 0 atom stereocenters. The molecule has 1 aliphatic rings.